The molecule has 190 valence electrons. The summed E-state index contributed by atoms with van der Waals surface area (Å²) >= 11 is 0. The van der Waals surface area contributed by atoms with E-state index in [-0.39, 0.29) is 11.8 Å². The summed E-state index contributed by atoms with van der Waals surface area (Å²) in [4.78, 5) is 27.8. The van der Waals surface area contributed by atoms with Crippen molar-refractivity contribution >= 4 is 5.97 Å². The molecule has 4 aromatic rings. The summed E-state index contributed by atoms with van der Waals surface area (Å²) in [5.74, 6) is 0.407. The molecule has 9 heteroatoms. The van der Waals surface area contributed by atoms with Crippen molar-refractivity contribution in [3.05, 3.63) is 89.1 Å². The highest BCUT2D eigenvalue weighted by Crippen LogP contribution is 2.38. The van der Waals surface area contributed by atoms with Gasteiger partial charge in [0.2, 0.25) is 0 Å². The summed E-state index contributed by atoms with van der Waals surface area (Å²) < 4.78 is 11.6. The van der Waals surface area contributed by atoms with Crippen LogP contribution in [0.25, 0.3) is 11.3 Å². The Bertz CT molecular complexity index is 1400. The van der Waals surface area contributed by atoms with Gasteiger partial charge in [-0.05, 0) is 67.6 Å². The fraction of sp³-hybridized carbons (Fsp3) is 0.286. The van der Waals surface area contributed by atoms with Crippen molar-refractivity contribution < 1.29 is 24.2 Å². The predicted molar refractivity (Wildman–Crippen MR) is 136 cm³/mol. The van der Waals surface area contributed by atoms with Crippen molar-refractivity contribution in [2.24, 2.45) is 0 Å². The van der Waals surface area contributed by atoms with E-state index in [1.807, 2.05) is 56.3 Å². The second-order valence-electron chi connectivity index (χ2n) is 8.72. The van der Waals surface area contributed by atoms with Crippen LogP contribution in [0.5, 0.6) is 11.5 Å². The Balaban J connectivity index is 1.46. The molecule has 0 saturated heterocycles. The molecule has 5 rings (SSSR count). The SMILES string of the molecule is CCOc1cccc(C(CC)On2nc(C(=O)O)c3c2-c2ccc(OCc4cncnc4)cc2CC3)c1. The van der Waals surface area contributed by atoms with Crippen LogP contribution in [0, 0.1) is 0 Å². The Labute approximate surface area is 214 Å². The highest BCUT2D eigenvalue weighted by molar-refractivity contribution is 5.90. The van der Waals surface area contributed by atoms with Gasteiger partial charge in [-0.1, -0.05) is 23.9 Å². The third-order valence-corrected chi connectivity index (χ3v) is 6.29. The Morgan fingerprint density at radius 3 is 2.62 bits per heavy atom. The van der Waals surface area contributed by atoms with E-state index in [4.69, 9.17) is 14.3 Å². The molecular weight excluding hydrogens is 472 g/mol. The summed E-state index contributed by atoms with van der Waals surface area (Å²) in [5.41, 5.74) is 5.09. The molecule has 1 atom stereocenters. The normalized spacial score (nSPS) is 12.8. The lowest BCUT2D eigenvalue weighted by molar-refractivity contribution is 0.0133. The fourth-order valence-electron chi connectivity index (χ4n) is 4.57. The van der Waals surface area contributed by atoms with E-state index >= 15 is 0 Å². The largest absolute Gasteiger partial charge is 0.494 e. The van der Waals surface area contributed by atoms with Crippen LogP contribution in [-0.4, -0.2) is 37.6 Å². The molecule has 1 N–H and O–H groups in total. The molecule has 2 heterocycles. The molecule has 0 bridgehead atoms. The zero-order valence-electron chi connectivity index (χ0n) is 20.8. The van der Waals surface area contributed by atoms with Gasteiger partial charge < -0.3 is 19.4 Å². The maximum absolute atomic E-state index is 12.0. The first kappa shape index (κ1) is 24.3. The molecule has 0 aliphatic heterocycles. The molecule has 0 radical (unpaired) electrons. The Kier molecular flexibility index (Phi) is 7.02. The van der Waals surface area contributed by atoms with Crippen LogP contribution in [0.2, 0.25) is 0 Å². The smallest absolute Gasteiger partial charge is 0.356 e. The minimum absolute atomic E-state index is 0.0166. The molecule has 1 aliphatic rings. The average Bonchev–Trinajstić information content (AvgIpc) is 3.30. The number of carbonyl (C=O) groups is 1. The summed E-state index contributed by atoms with van der Waals surface area (Å²) in [6.45, 7) is 4.88. The van der Waals surface area contributed by atoms with Crippen LogP contribution in [0.3, 0.4) is 0 Å². The van der Waals surface area contributed by atoms with Gasteiger partial charge in [0, 0.05) is 29.1 Å². The molecule has 0 saturated carbocycles. The summed E-state index contributed by atoms with van der Waals surface area (Å²) in [5, 5.41) is 14.2. The molecule has 9 nitrogen and oxygen atoms in total. The predicted octanol–water partition coefficient (Wildman–Crippen LogP) is 4.69. The quantitative estimate of drug-likeness (QED) is 0.334. The third kappa shape index (κ3) is 5.11. The number of hydrogen-bond donors (Lipinski definition) is 1. The molecule has 0 amide bonds. The summed E-state index contributed by atoms with van der Waals surface area (Å²) in [7, 11) is 0. The monoisotopic (exact) mass is 500 g/mol. The van der Waals surface area contributed by atoms with E-state index in [1.54, 1.807) is 12.4 Å². The van der Waals surface area contributed by atoms with E-state index < -0.39 is 5.97 Å². The van der Waals surface area contributed by atoms with Gasteiger partial charge in [-0.25, -0.2) is 14.8 Å². The Hall–Kier alpha value is -4.40. The van der Waals surface area contributed by atoms with E-state index in [0.29, 0.717) is 43.7 Å². The number of ether oxygens (including phenoxy) is 2. The topological polar surface area (TPSA) is 109 Å². The number of fused-ring (bicyclic) bond motifs is 3. The standard InChI is InChI=1S/C28H28N4O5/c1-3-25(20-6-5-7-21(13-20)35-4-2)37-32-27-23-11-9-22(36-16-18-14-29-17-30-15-18)12-19(23)8-10-24(27)26(31-32)28(33)34/h5-7,9,11-15,17,25H,3-4,8,10,16H2,1-2H3,(H,33,34). The number of hydrogen-bond acceptors (Lipinski definition) is 7. The number of nitrogens with zero attached hydrogens (tertiary/aromatic N) is 4. The average molecular weight is 501 g/mol. The second-order valence-corrected chi connectivity index (χ2v) is 8.72. The van der Waals surface area contributed by atoms with Gasteiger partial charge in [-0.15, -0.1) is 5.10 Å². The van der Waals surface area contributed by atoms with Gasteiger partial charge in [-0.2, -0.15) is 0 Å². The third-order valence-electron chi connectivity index (χ3n) is 6.29. The Morgan fingerprint density at radius 2 is 1.86 bits per heavy atom. The molecule has 1 unspecified atom stereocenters. The van der Waals surface area contributed by atoms with Crippen LogP contribution in [-0.2, 0) is 19.4 Å². The van der Waals surface area contributed by atoms with Gasteiger partial charge >= 0.3 is 5.97 Å². The first-order valence-corrected chi connectivity index (χ1v) is 12.3. The first-order valence-electron chi connectivity index (χ1n) is 12.3. The van der Waals surface area contributed by atoms with E-state index in [1.165, 1.54) is 11.2 Å². The van der Waals surface area contributed by atoms with Gasteiger partial charge in [0.05, 0.1) is 6.61 Å². The van der Waals surface area contributed by atoms with Crippen molar-refractivity contribution in [1.82, 2.24) is 19.9 Å². The highest BCUT2D eigenvalue weighted by atomic mass is 16.7. The molecule has 2 aromatic carbocycles. The van der Waals surface area contributed by atoms with Gasteiger partial charge in [-0.3, -0.25) is 0 Å². The van der Waals surface area contributed by atoms with Crippen molar-refractivity contribution in [3.63, 3.8) is 0 Å². The number of aromatic nitrogens is 4. The van der Waals surface area contributed by atoms with Crippen molar-refractivity contribution in [1.29, 1.82) is 0 Å². The number of carboxylic acid groups (broad SMARTS) is 1. The Morgan fingerprint density at radius 1 is 1.05 bits per heavy atom. The van der Waals surface area contributed by atoms with E-state index in [2.05, 4.69) is 15.1 Å². The van der Waals surface area contributed by atoms with Crippen LogP contribution >= 0.6 is 0 Å². The molecule has 1 aliphatic carbocycles. The fourth-order valence-corrected chi connectivity index (χ4v) is 4.57. The lowest BCUT2D eigenvalue weighted by Crippen LogP contribution is -2.21. The van der Waals surface area contributed by atoms with Crippen LogP contribution < -0.4 is 14.3 Å². The zero-order chi connectivity index (χ0) is 25.8. The number of aryl methyl sites for hydroxylation is 1. The summed E-state index contributed by atoms with van der Waals surface area (Å²) in [6, 6.07) is 13.5. The lowest BCUT2D eigenvalue weighted by Gasteiger charge is -2.22. The van der Waals surface area contributed by atoms with E-state index in [0.717, 1.165) is 33.8 Å². The molecule has 37 heavy (non-hydrogen) atoms. The molecule has 0 spiro atoms. The maximum atomic E-state index is 12.0. The second kappa shape index (κ2) is 10.7. The van der Waals surface area contributed by atoms with Crippen molar-refractivity contribution in [2.45, 2.75) is 45.8 Å². The number of rotatable bonds is 10. The maximum Gasteiger partial charge on any atom is 0.356 e. The van der Waals surface area contributed by atoms with Crippen molar-refractivity contribution in [2.75, 3.05) is 6.61 Å². The van der Waals surface area contributed by atoms with E-state index in [9.17, 15) is 9.90 Å². The minimum atomic E-state index is -1.07. The molecule has 2 aromatic heterocycles. The molecular formula is C28H28N4O5. The minimum Gasteiger partial charge on any atom is -0.494 e. The van der Waals surface area contributed by atoms with Gasteiger partial charge in [0.25, 0.3) is 0 Å². The number of benzene rings is 2. The highest BCUT2D eigenvalue weighted by Gasteiger charge is 2.30. The van der Waals surface area contributed by atoms with Crippen LogP contribution in [0.15, 0.2) is 61.2 Å². The van der Waals surface area contributed by atoms with Gasteiger partial charge in [0.1, 0.15) is 30.1 Å². The van der Waals surface area contributed by atoms with Crippen LogP contribution in [0.1, 0.15) is 59.1 Å². The number of carboxylic acids is 1. The van der Waals surface area contributed by atoms with Crippen LogP contribution in [0.4, 0.5) is 0 Å². The first-order chi connectivity index (χ1) is 18.1. The van der Waals surface area contributed by atoms with Crippen molar-refractivity contribution in [3.8, 4) is 22.8 Å². The zero-order valence-corrected chi connectivity index (χ0v) is 20.8. The molecule has 0 fully saturated rings. The van der Waals surface area contributed by atoms with Gasteiger partial charge in [0.15, 0.2) is 11.8 Å². The number of aromatic carboxylic acids is 1. The lowest BCUT2D eigenvalue weighted by atomic mass is 9.89. The summed E-state index contributed by atoms with van der Waals surface area (Å²) in [6.07, 6.45) is 6.45.